The van der Waals surface area contributed by atoms with Gasteiger partial charge < -0.3 is 5.73 Å². The van der Waals surface area contributed by atoms with E-state index in [0.717, 1.165) is 34.4 Å². The zero-order valence-corrected chi connectivity index (χ0v) is 20.8. The molecule has 0 spiro atoms. The van der Waals surface area contributed by atoms with Gasteiger partial charge in [-0.3, -0.25) is 14.6 Å². The second-order valence-corrected chi connectivity index (χ2v) is 8.51. The number of imide groups is 1. The van der Waals surface area contributed by atoms with Gasteiger partial charge in [-0.2, -0.15) is 0 Å². The van der Waals surface area contributed by atoms with Crippen LogP contribution in [0.3, 0.4) is 0 Å². The van der Waals surface area contributed by atoms with E-state index in [9.17, 15) is 9.59 Å². The van der Waals surface area contributed by atoms with Crippen LogP contribution in [-0.4, -0.2) is 16.8 Å². The number of benzene rings is 2. The number of nitrogens with zero attached hydrogens (tertiary/aromatic N) is 2. The lowest BCUT2D eigenvalue weighted by Crippen LogP contribution is -2.31. The van der Waals surface area contributed by atoms with Crippen LogP contribution in [0, 0.1) is 19.8 Å². The van der Waals surface area contributed by atoms with E-state index < -0.39 is 0 Å². The van der Waals surface area contributed by atoms with E-state index in [1.807, 2.05) is 38.1 Å². The van der Waals surface area contributed by atoms with Gasteiger partial charge in [0.05, 0.1) is 22.5 Å². The van der Waals surface area contributed by atoms with Gasteiger partial charge in [0, 0.05) is 17.8 Å². The van der Waals surface area contributed by atoms with Crippen LogP contribution in [-0.2, 0) is 13.0 Å². The molecule has 0 radical (unpaired) electrons. The molecule has 0 saturated heterocycles. The molecule has 1 aliphatic heterocycles. The van der Waals surface area contributed by atoms with E-state index in [1.54, 1.807) is 24.3 Å². The molecule has 0 fully saturated rings. The molecule has 0 saturated carbocycles. The van der Waals surface area contributed by atoms with Crippen molar-refractivity contribution in [2.75, 3.05) is 4.90 Å². The SMILES string of the molecule is Cc1ccc(-c2c(CN)c(CC(C)C)nc(C)c2N2C(=O)c3ccccc3C2=O)cc1.Cl.Cl. The molecule has 2 N–H and O–H groups in total. The van der Waals surface area contributed by atoms with Crippen LogP contribution in [0.15, 0.2) is 48.5 Å². The van der Waals surface area contributed by atoms with Crippen LogP contribution in [0.25, 0.3) is 11.1 Å². The molecule has 2 amide bonds. The lowest BCUT2D eigenvalue weighted by atomic mass is 9.91. The van der Waals surface area contributed by atoms with Crippen LogP contribution < -0.4 is 10.6 Å². The van der Waals surface area contributed by atoms with E-state index in [2.05, 4.69) is 13.8 Å². The van der Waals surface area contributed by atoms with E-state index in [-0.39, 0.29) is 43.2 Å². The molecule has 0 unspecified atom stereocenters. The number of fused-ring (bicyclic) bond motifs is 1. The average Bonchev–Trinajstić information content (AvgIpc) is 2.99. The summed E-state index contributed by atoms with van der Waals surface area (Å²) in [5.74, 6) is -0.245. The Hall–Kier alpha value is -2.73. The van der Waals surface area contributed by atoms with Gasteiger partial charge in [0.2, 0.25) is 0 Å². The van der Waals surface area contributed by atoms with Gasteiger partial charge in [-0.15, -0.1) is 24.8 Å². The van der Waals surface area contributed by atoms with Crippen molar-refractivity contribution in [2.45, 2.75) is 40.7 Å². The third kappa shape index (κ3) is 4.67. The Balaban J connectivity index is 0.00000193. The number of pyridine rings is 1. The van der Waals surface area contributed by atoms with Crippen molar-refractivity contribution in [2.24, 2.45) is 11.7 Å². The summed E-state index contributed by atoms with van der Waals surface area (Å²) in [6.45, 7) is 8.44. The summed E-state index contributed by atoms with van der Waals surface area (Å²) in [6, 6.07) is 15.0. The van der Waals surface area contributed by atoms with E-state index in [4.69, 9.17) is 10.7 Å². The normalized spacial score (nSPS) is 12.5. The first-order chi connectivity index (χ1) is 14.8. The number of hydrogen-bond acceptors (Lipinski definition) is 4. The Morgan fingerprint density at radius 3 is 1.94 bits per heavy atom. The van der Waals surface area contributed by atoms with Crippen LogP contribution in [0.5, 0.6) is 0 Å². The fourth-order valence-electron chi connectivity index (χ4n) is 4.26. The molecule has 1 aliphatic rings. The second-order valence-electron chi connectivity index (χ2n) is 8.51. The van der Waals surface area contributed by atoms with Gasteiger partial charge >= 0.3 is 0 Å². The maximum atomic E-state index is 13.3. The number of rotatable bonds is 5. The number of halogens is 2. The number of carbonyl (C=O) groups excluding carboxylic acids is 2. The predicted octanol–water partition coefficient (Wildman–Crippen LogP) is 5.67. The zero-order chi connectivity index (χ0) is 22.3. The Morgan fingerprint density at radius 2 is 1.45 bits per heavy atom. The molecule has 0 bridgehead atoms. The van der Waals surface area contributed by atoms with Crippen molar-refractivity contribution >= 4 is 42.3 Å². The van der Waals surface area contributed by atoms with Crippen molar-refractivity contribution < 1.29 is 9.59 Å². The summed E-state index contributed by atoms with van der Waals surface area (Å²) in [5.41, 5.74) is 12.9. The van der Waals surface area contributed by atoms with Crippen molar-refractivity contribution in [3.8, 4) is 11.1 Å². The summed E-state index contributed by atoms with van der Waals surface area (Å²) >= 11 is 0. The fraction of sp³-hybridized carbons (Fsp3) is 0.269. The van der Waals surface area contributed by atoms with E-state index in [0.29, 0.717) is 28.4 Å². The smallest absolute Gasteiger partial charge is 0.266 e. The Labute approximate surface area is 207 Å². The first-order valence-corrected chi connectivity index (χ1v) is 10.6. The molecule has 3 aromatic rings. The summed E-state index contributed by atoms with van der Waals surface area (Å²) in [5, 5.41) is 0. The van der Waals surface area contributed by atoms with Gasteiger partial charge in [0.1, 0.15) is 0 Å². The highest BCUT2D eigenvalue weighted by Gasteiger charge is 2.39. The molecule has 7 heteroatoms. The zero-order valence-electron chi connectivity index (χ0n) is 19.2. The van der Waals surface area contributed by atoms with Gasteiger partial charge in [-0.25, -0.2) is 4.90 Å². The molecule has 4 rings (SSSR count). The minimum Gasteiger partial charge on any atom is -0.326 e. The summed E-state index contributed by atoms with van der Waals surface area (Å²) < 4.78 is 0. The topological polar surface area (TPSA) is 76.3 Å². The number of aromatic nitrogens is 1. The Kier molecular flexibility index (Phi) is 8.41. The number of anilines is 1. The molecule has 174 valence electrons. The van der Waals surface area contributed by atoms with Crippen LogP contribution >= 0.6 is 24.8 Å². The van der Waals surface area contributed by atoms with Gasteiger partial charge in [-0.1, -0.05) is 55.8 Å². The maximum Gasteiger partial charge on any atom is 0.266 e. The van der Waals surface area contributed by atoms with Crippen LogP contribution in [0.1, 0.15) is 57.1 Å². The number of aryl methyl sites for hydroxylation is 2. The highest BCUT2D eigenvalue weighted by Crippen LogP contribution is 2.41. The van der Waals surface area contributed by atoms with E-state index in [1.165, 1.54) is 4.90 Å². The van der Waals surface area contributed by atoms with Gasteiger partial charge in [-0.05, 0) is 49.4 Å². The minimum absolute atomic E-state index is 0. The highest BCUT2D eigenvalue weighted by molar-refractivity contribution is 6.35. The van der Waals surface area contributed by atoms with Gasteiger partial charge in [0.15, 0.2) is 0 Å². The predicted molar refractivity (Wildman–Crippen MR) is 138 cm³/mol. The third-order valence-corrected chi connectivity index (χ3v) is 5.70. The molecule has 0 atom stereocenters. The molecule has 2 heterocycles. The van der Waals surface area contributed by atoms with Crippen molar-refractivity contribution in [1.82, 2.24) is 4.98 Å². The third-order valence-electron chi connectivity index (χ3n) is 5.70. The van der Waals surface area contributed by atoms with Gasteiger partial charge in [0.25, 0.3) is 11.8 Å². The molecule has 0 aliphatic carbocycles. The number of hydrogen-bond donors (Lipinski definition) is 1. The lowest BCUT2D eigenvalue weighted by molar-refractivity contribution is 0.0926. The number of nitrogens with two attached hydrogens (primary N) is 1. The average molecular weight is 486 g/mol. The quantitative estimate of drug-likeness (QED) is 0.472. The molecule has 2 aromatic carbocycles. The first-order valence-electron chi connectivity index (χ1n) is 10.6. The highest BCUT2D eigenvalue weighted by atomic mass is 35.5. The van der Waals surface area contributed by atoms with Crippen LogP contribution in [0.2, 0.25) is 0 Å². The molecule has 5 nitrogen and oxygen atoms in total. The minimum atomic E-state index is -0.321. The summed E-state index contributed by atoms with van der Waals surface area (Å²) in [6.07, 6.45) is 0.772. The second kappa shape index (κ2) is 10.5. The van der Waals surface area contributed by atoms with E-state index >= 15 is 0 Å². The van der Waals surface area contributed by atoms with Crippen LogP contribution in [0.4, 0.5) is 5.69 Å². The molecule has 1 aromatic heterocycles. The number of carbonyl (C=O) groups is 2. The monoisotopic (exact) mass is 485 g/mol. The largest absolute Gasteiger partial charge is 0.326 e. The Morgan fingerprint density at radius 1 is 0.909 bits per heavy atom. The number of amides is 2. The van der Waals surface area contributed by atoms with Crippen molar-refractivity contribution in [3.63, 3.8) is 0 Å². The Bertz CT molecular complexity index is 1160. The summed E-state index contributed by atoms with van der Waals surface area (Å²) in [7, 11) is 0. The lowest BCUT2D eigenvalue weighted by Gasteiger charge is -2.25. The van der Waals surface area contributed by atoms with Crippen molar-refractivity contribution in [1.29, 1.82) is 0 Å². The maximum absolute atomic E-state index is 13.3. The molecular weight excluding hydrogens is 457 g/mol. The summed E-state index contributed by atoms with van der Waals surface area (Å²) in [4.78, 5) is 32.7. The molecular formula is C26H29Cl2N3O2. The first kappa shape index (κ1) is 26.5. The fourth-order valence-corrected chi connectivity index (χ4v) is 4.26. The van der Waals surface area contributed by atoms with Crippen molar-refractivity contribution in [3.05, 3.63) is 82.2 Å². The molecule has 33 heavy (non-hydrogen) atoms. The standard InChI is InChI=1S/C26H27N3O2.2ClH/c1-15(2)13-22-21(14-27)23(18-11-9-16(3)10-12-18)24(17(4)28-22)29-25(30)19-7-5-6-8-20(19)26(29)31;;/h5-12,15H,13-14,27H2,1-4H3;2*1H.